The first kappa shape index (κ1) is 17.1. The molecule has 0 unspecified atom stereocenters. The summed E-state index contributed by atoms with van der Waals surface area (Å²) in [5.74, 6) is 0. The second kappa shape index (κ2) is 8.26. The molecule has 0 spiro atoms. The summed E-state index contributed by atoms with van der Waals surface area (Å²) in [4.78, 5) is 12.5. The van der Waals surface area contributed by atoms with Crippen LogP contribution in [0.2, 0.25) is 0 Å². The lowest BCUT2D eigenvalue weighted by molar-refractivity contribution is -0.384. The van der Waals surface area contributed by atoms with Crippen molar-refractivity contribution >= 4 is 30.5 Å². The third-order valence-electron chi connectivity index (χ3n) is 2.76. The van der Waals surface area contributed by atoms with Crippen molar-refractivity contribution in [2.24, 2.45) is 0 Å². The molecule has 0 atom stereocenters. The molecule has 2 rings (SSSR count). The summed E-state index contributed by atoms with van der Waals surface area (Å²) in [5, 5.41) is 13.8. The van der Waals surface area contributed by atoms with E-state index in [2.05, 4.69) is 10.2 Å². The van der Waals surface area contributed by atoms with Gasteiger partial charge in [-0.25, -0.2) is 0 Å². The van der Waals surface area contributed by atoms with Gasteiger partial charge in [0, 0.05) is 44.9 Å². The van der Waals surface area contributed by atoms with Crippen LogP contribution in [0, 0.1) is 10.1 Å². The maximum Gasteiger partial charge on any atom is 0.269 e. The molecule has 0 bridgehead atoms. The van der Waals surface area contributed by atoms with Crippen molar-refractivity contribution in [3.8, 4) is 0 Å². The number of hydrogen-bond donors (Lipinski definition) is 1. The number of nitro benzene ring substituents is 1. The van der Waals surface area contributed by atoms with Gasteiger partial charge in [0.2, 0.25) is 0 Å². The number of hydrogen-bond acceptors (Lipinski definition) is 4. The first-order chi connectivity index (χ1) is 7.75. The van der Waals surface area contributed by atoms with Crippen LogP contribution in [0.3, 0.4) is 0 Å². The van der Waals surface area contributed by atoms with Gasteiger partial charge in [0.1, 0.15) is 0 Å². The molecule has 0 saturated carbocycles. The Labute approximate surface area is 119 Å². The van der Waals surface area contributed by atoms with E-state index in [1.54, 1.807) is 12.1 Å². The topological polar surface area (TPSA) is 58.4 Å². The Bertz CT molecular complexity index is 367. The molecule has 1 aromatic carbocycles. The number of benzene rings is 1. The van der Waals surface area contributed by atoms with Crippen LogP contribution in [-0.4, -0.2) is 36.0 Å². The molecule has 7 heteroatoms. The van der Waals surface area contributed by atoms with Crippen molar-refractivity contribution < 1.29 is 4.92 Å². The van der Waals surface area contributed by atoms with Crippen LogP contribution in [0.15, 0.2) is 24.3 Å². The fourth-order valence-electron chi connectivity index (χ4n) is 1.85. The van der Waals surface area contributed by atoms with Gasteiger partial charge in [-0.1, -0.05) is 12.1 Å². The molecule has 0 amide bonds. The molecule has 0 aliphatic carbocycles. The number of nitrogens with one attached hydrogen (secondary N) is 1. The van der Waals surface area contributed by atoms with Gasteiger partial charge in [-0.05, 0) is 5.56 Å². The molecule has 1 heterocycles. The van der Waals surface area contributed by atoms with Crippen molar-refractivity contribution in [1.82, 2.24) is 10.2 Å². The molecule has 1 aromatic rings. The smallest absolute Gasteiger partial charge is 0.269 e. The van der Waals surface area contributed by atoms with Gasteiger partial charge in [0.15, 0.2) is 0 Å². The first-order valence-electron chi connectivity index (χ1n) is 5.42. The maximum atomic E-state index is 10.5. The van der Waals surface area contributed by atoms with Gasteiger partial charge in [-0.2, -0.15) is 0 Å². The second-order valence-corrected chi connectivity index (χ2v) is 3.95. The standard InChI is InChI=1S/C11H15N3O2.2ClH/c15-14(16)11-3-1-10(2-4-11)9-13-7-5-12-6-8-13;;/h1-4,12H,5-9H2;2*1H. The van der Waals surface area contributed by atoms with E-state index in [0.29, 0.717) is 0 Å². The van der Waals surface area contributed by atoms with Gasteiger partial charge in [0.25, 0.3) is 5.69 Å². The Kier molecular flexibility index (Phi) is 7.86. The third-order valence-corrected chi connectivity index (χ3v) is 2.76. The predicted molar refractivity (Wildman–Crippen MR) is 75.7 cm³/mol. The lowest BCUT2D eigenvalue weighted by Gasteiger charge is -2.27. The average molecular weight is 294 g/mol. The minimum atomic E-state index is -0.366. The van der Waals surface area contributed by atoms with E-state index in [1.807, 2.05) is 12.1 Å². The van der Waals surface area contributed by atoms with Crippen LogP contribution < -0.4 is 5.32 Å². The van der Waals surface area contributed by atoms with E-state index < -0.39 is 0 Å². The van der Waals surface area contributed by atoms with Gasteiger partial charge in [-0.15, -0.1) is 24.8 Å². The number of piperazine rings is 1. The van der Waals surface area contributed by atoms with Gasteiger partial charge < -0.3 is 5.32 Å². The molecule has 1 saturated heterocycles. The number of rotatable bonds is 3. The fourth-order valence-corrected chi connectivity index (χ4v) is 1.85. The van der Waals surface area contributed by atoms with Crippen LogP contribution in [0.1, 0.15) is 5.56 Å². The van der Waals surface area contributed by atoms with Crippen molar-refractivity contribution in [1.29, 1.82) is 0 Å². The monoisotopic (exact) mass is 293 g/mol. The van der Waals surface area contributed by atoms with Crippen LogP contribution in [0.4, 0.5) is 5.69 Å². The molecule has 1 fully saturated rings. The highest BCUT2D eigenvalue weighted by Gasteiger charge is 2.10. The molecule has 1 N–H and O–H groups in total. The molecule has 1 aliphatic rings. The van der Waals surface area contributed by atoms with Crippen LogP contribution in [0.25, 0.3) is 0 Å². The summed E-state index contributed by atoms with van der Waals surface area (Å²) in [5.41, 5.74) is 1.29. The Morgan fingerprint density at radius 2 is 1.72 bits per heavy atom. The van der Waals surface area contributed by atoms with Crippen molar-refractivity contribution in [2.75, 3.05) is 26.2 Å². The van der Waals surface area contributed by atoms with Crippen molar-refractivity contribution in [3.05, 3.63) is 39.9 Å². The summed E-state index contributed by atoms with van der Waals surface area (Å²) >= 11 is 0. The van der Waals surface area contributed by atoms with Crippen LogP contribution in [0.5, 0.6) is 0 Å². The molecule has 0 aromatic heterocycles. The summed E-state index contributed by atoms with van der Waals surface area (Å²) in [6, 6.07) is 6.80. The maximum absolute atomic E-state index is 10.5. The zero-order valence-corrected chi connectivity index (χ0v) is 11.5. The summed E-state index contributed by atoms with van der Waals surface area (Å²) < 4.78 is 0. The molecule has 102 valence electrons. The number of halogens is 2. The zero-order valence-electron chi connectivity index (χ0n) is 9.87. The Morgan fingerprint density at radius 1 is 1.17 bits per heavy atom. The van der Waals surface area contributed by atoms with E-state index in [1.165, 1.54) is 0 Å². The SMILES string of the molecule is Cl.Cl.O=[N+]([O-])c1ccc(CN2CCNCC2)cc1. The highest BCUT2D eigenvalue weighted by molar-refractivity contribution is 5.85. The quantitative estimate of drug-likeness (QED) is 0.682. The molecule has 0 radical (unpaired) electrons. The van der Waals surface area contributed by atoms with E-state index in [-0.39, 0.29) is 35.4 Å². The highest BCUT2D eigenvalue weighted by atomic mass is 35.5. The second-order valence-electron chi connectivity index (χ2n) is 3.95. The Morgan fingerprint density at radius 3 is 2.22 bits per heavy atom. The molecular weight excluding hydrogens is 277 g/mol. The number of non-ortho nitro benzene ring substituents is 1. The first-order valence-corrected chi connectivity index (χ1v) is 5.42. The number of nitrogens with zero attached hydrogens (tertiary/aromatic N) is 2. The average Bonchev–Trinajstić information content (AvgIpc) is 2.31. The summed E-state index contributed by atoms with van der Waals surface area (Å²) in [6.45, 7) is 4.99. The van der Waals surface area contributed by atoms with Gasteiger partial charge >= 0.3 is 0 Å². The molecule has 1 aliphatic heterocycles. The molecule has 18 heavy (non-hydrogen) atoms. The summed E-state index contributed by atoms with van der Waals surface area (Å²) in [6.07, 6.45) is 0. The van der Waals surface area contributed by atoms with E-state index in [4.69, 9.17) is 0 Å². The Hall–Kier alpha value is -0.880. The lowest BCUT2D eigenvalue weighted by atomic mass is 10.2. The van der Waals surface area contributed by atoms with Crippen molar-refractivity contribution in [2.45, 2.75) is 6.54 Å². The van der Waals surface area contributed by atoms with E-state index >= 15 is 0 Å². The normalized spacial score (nSPS) is 15.3. The molecular formula is C11H17Cl2N3O2. The van der Waals surface area contributed by atoms with Crippen molar-refractivity contribution in [3.63, 3.8) is 0 Å². The lowest BCUT2D eigenvalue weighted by Crippen LogP contribution is -2.42. The van der Waals surface area contributed by atoms with Crippen LogP contribution in [-0.2, 0) is 6.54 Å². The highest BCUT2D eigenvalue weighted by Crippen LogP contribution is 2.13. The zero-order chi connectivity index (χ0) is 11.4. The summed E-state index contributed by atoms with van der Waals surface area (Å²) in [7, 11) is 0. The Balaban J connectivity index is 0.00000144. The minimum absolute atomic E-state index is 0. The van der Waals surface area contributed by atoms with Gasteiger partial charge in [-0.3, -0.25) is 15.0 Å². The van der Waals surface area contributed by atoms with Crippen LogP contribution >= 0.6 is 24.8 Å². The van der Waals surface area contributed by atoms with E-state index in [9.17, 15) is 10.1 Å². The minimum Gasteiger partial charge on any atom is -0.314 e. The van der Waals surface area contributed by atoms with Gasteiger partial charge in [0.05, 0.1) is 4.92 Å². The fraction of sp³-hybridized carbons (Fsp3) is 0.455. The predicted octanol–water partition coefficient (Wildman–Crippen LogP) is 1.84. The number of nitro groups is 1. The molecule has 5 nitrogen and oxygen atoms in total. The van der Waals surface area contributed by atoms with E-state index in [0.717, 1.165) is 38.3 Å². The largest absolute Gasteiger partial charge is 0.314 e. The third kappa shape index (κ3) is 4.78.